The molecule has 0 saturated carbocycles. The summed E-state index contributed by atoms with van der Waals surface area (Å²) in [7, 11) is 2.19. The first-order valence-electron chi connectivity index (χ1n) is 14.5. The Hall–Kier alpha value is -3.67. The zero-order chi connectivity index (χ0) is 29.2. The van der Waals surface area contributed by atoms with Crippen LogP contribution in [0.2, 0.25) is 0 Å². The number of likely N-dealkylation sites (N-methyl/N-ethyl adjacent to an activating group) is 1. The zero-order valence-corrected chi connectivity index (χ0v) is 24.5. The topological polar surface area (TPSA) is 138 Å². The number of piperidine rings is 1. The lowest BCUT2D eigenvalue weighted by Crippen LogP contribution is -2.43. The number of nitrogens with two attached hydrogens (primary N) is 1. The third-order valence-corrected chi connectivity index (χ3v) is 7.34. The number of carbonyl (C=O) groups is 1. The van der Waals surface area contributed by atoms with Gasteiger partial charge in [-0.25, -0.2) is 4.98 Å². The van der Waals surface area contributed by atoms with Crippen molar-refractivity contribution in [1.82, 2.24) is 34.9 Å². The van der Waals surface area contributed by atoms with Gasteiger partial charge in [0.05, 0.1) is 24.9 Å². The van der Waals surface area contributed by atoms with Crippen molar-refractivity contribution in [3.05, 3.63) is 47.8 Å². The number of aliphatic hydroxyl groups is 1. The smallest absolute Gasteiger partial charge is 0.222 e. The Kier molecular flexibility index (Phi) is 10.9. The van der Waals surface area contributed by atoms with Crippen molar-refractivity contribution in [3.8, 4) is 0 Å². The van der Waals surface area contributed by atoms with Crippen molar-refractivity contribution < 1.29 is 9.90 Å². The lowest BCUT2D eigenvalue weighted by atomic mass is 10.0. The van der Waals surface area contributed by atoms with Crippen molar-refractivity contribution >= 4 is 40.0 Å². The standard InChI is InChI=1S/C28H39N9O.C2H4O/c1-3-4-13-36(14-15-38)27-26-24(32-28(29)33-27)19-37(34-26)17-21-10-9-20(23-8-5-11-30-25(21)23)16-31-22-7-6-12-35(2)18-22;1-2-3/h5,8-11,19,22,31,38H,3-4,6-7,12-18H2,1-2H3,(H2,29,32);2H,1H3/t22-;/m1./s1. The highest BCUT2D eigenvalue weighted by Crippen LogP contribution is 2.26. The van der Waals surface area contributed by atoms with Gasteiger partial charge in [0.1, 0.15) is 11.8 Å². The van der Waals surface area contributed by atoms with Crippen molar-refractivity contribution in [2.45, 2.75) is 58.7 Å². The molecule has 0 unspecified atom stereocenters. The van der Waals surface area contributed by atoms with E-state index in [1.807, 2.05) is 28.0 Å². The second kappa shape index (κ2) is 14.8. The number of aldehydes is 1. The van der Waals surface area contributed by atoms with Crippen LogP contribution in [-0.2, 0) is 17.9 Å². The molecule has 11 nitrogen and oxygen atoms in total. The van der Waals surface area contributed by atoms with E-state index < -0.39 is 0 Å². The van der Waals surface area contributed by atoms with Gasteiger partial charge in [0, 0.05) is 43.8 Å². The molecule has 0 spiro atoms. The van der Waals surface area contributed by atoms with Crippen molar-refractivity contribution in [1.29, 1.82) is 0 Å². The number of anilines is 2. The first-order chi connectivity index (χ1) is 20.0. The number of pyridine rings is 1. The van der Waals surface area contributed by atoms with Gasteiger partial charge in [-0.15, -0.1) is 0 Å². The molecule has 4 heterocycles. The number of nitrogens with zero attached hydrogens (tertiary/aromatic N) is 7. The molecule has 4 aromatic rings. The molecule has 3 aromatic heterocycles. The van der Waals surface area contributed by atoms with Gasteiger partial charge < -0.3 is 30.8 Å². The molecule has 0 bridgehead atoms. The normalized spacial score (nSPS) is 15.6. The Balaban J connectivity index is 0.00000124. The highest BCUT2D eigenvalue weighted by atomic mass is 16.3. The molecule has 1 saturated heterocycles. The minimum Gasteiger partial charge on any atom is -0.395 e. The van der Waals surface area contributed by atoms with Crippen LogP contribution >= 0.6 is 0 Å². The lowest BCUT2D eigenvalue weighted by molar-refractivity contribution is -0.106. The van der Waals surface area contributed by atoms with E-state index >= 15 is 0 Å². The summed E-state index contributed by atoms with van der Waals surface area (Å²) >= 11 is 0. The molecule has 1 atom stereocenters. The molecule has 4 N–H and O–H groups in total. The van der Waals surface area contributed by atoms with Crippen LogP contribution in [0.3, 0.4) is 0 Å². The molecule has 5 rings (SSSR count). The lowest BCUT2D eigenvalue weighted by Gasteiger charge is -2.30. The zero-order valence-electron chi connectivity index (χ0n) is 24.5. The fraction of sp³-hybridized carbons (Fsp3) is 0.500. The van der Waals surface area contributed by atoms with Crippen LogP contribution in [0.5, 0.6) is 0 Å². The van der Waals surface area contributed by atoms with Gasteiger partial charge in [0.15, 0.2) is 11.3 Å². The summed E-state index contributed by atoms with van der Waals surface area (Å²) in [5.41, 5.74) is 10.8. The summed E-state index contributed by atoms with van der Waals surface area (Å²) in [6.07, 6.45) is 9.00. The van der Waals surface area contributed by atoms with E-state index in [0.29, 0.717) is 36.0 Å². The van der Waals surface area contributed by atoms with E-state index in [1.54, 1.807) is 0 Å². The number of aromatic nitrogens is 5. The Morgan fingerprint density at radius 2 is 2.00 bits per heavy atom. The molecule has 1 fully saturated rings. The molecule has 1 aliphatic heterocycles. The van der Waals surface area contributed by atoms with E-state index in [4.69, 9.17) is 20.6 Å². The van der Waals surface area contributed by atoms with Crippen LogP contribution < -0.4 is 16.0 Å². The Labute approximate surface area is 241 Å². The van der Waals surface area contributed by atoms with Crippen LogP contribution in [-0.4, -0.2) is 86.9 Å². The largest absolute Gasteiger partial charge is 0.395 e. The number of carbonyl (C=O) groups excluding carboxylic acids is 1. The number of hydrogen-bond acceptors (Lipinski definition) is 10. The van der Waals surface area contributed by atoms with Crippen LogP contribution in [0, 0.1) is 0 Å². The number of aliphatic hydroxyl groups excluding tert-OH is 1. The van der Waals surface area contributed by atoms with Crippen molar-refractivity contribution in [2.75, 3.05) is 50.5 Å². The van der Waals surface area contributed by atoms with Gasteiger partial charge in [-0.3, -0.25) is 9.67 Å². The first-order valence-corrected chi connectivity index (χ1v) is 14.5. The minimum absolute atomic E-state index is 0.0339. The predicted octanol–water partition coefficient (Wildman–Crippen LogP) is 2.99. The summed E-state index contributed by atoms with van der Waals surface area (Å²) in [5, 5.41) is 19.4. The van der Waals surface area contributed by atoms with Gasteiger partial charge in [0.25, 0.3) is 0 Å². The molecule has 0 aliphatic carbocycles. The van der Waals surface area contributed by atoms with Gasteiger partial charge in [0.2, 0.25) is 5.95 Å². The Bertz CT molecular complexity index is 1420. The van der Waals surface area contributed by atoms with Gasteiger partial charge >= 0.3 is 0 Å². The summed E-state index contributed by atoms with van der Waals surface area (Å²) < 4.78 is 1.89. The third-order valence-electron chi connectivity index (χ3n) is 7.34. The summed E-state index contributed by atoms with van der Waals surface area (Å²) in [6.45, 7) is 8.51. The summed E-state index contributed by atoms with van der Waals surface area (Å²) in [5.74, 6) is 0.881. The molecule has 11 heteroatoms. The third kappa shape index (κ3) is 7.75. The Morgan fingerprint density at radius 3 is 2.76 bits per heavy atom. The SMILES string of the molecule is CC=O.CCCCN(CCO)c1nc(N)nc2cn(Cc3ccc(CN[C@@H]4CCCN(C)C4)c4cccnc34)nc12. The summed E-state index contributed by atoms with van der Waals surface area (Å²) in [6, 6.07) is 9.04. The van der Waals surface area contributed by atoms with E-state index in [2.05, 4.69) is 52.4 Å². The van der Waals surface area contributed by atoms with E-state index in [0.717, 1.165) is 55.2 Å². The number of rotatable bonds is 11. The molecule has 41 heavy (non-hydrogen) atoms. The number of hydrogen-bond donors (Lipinski definition) is 3. The predicted molar refractivity (Wildman–Crippen MR) is 164 cm³/mol. The maximum atomic E-state index is 9.63. The molecular weight excluding hydrogens is 518 g/mol. The van der Waals surface area contributed by atoms with Crippen LogP contribution in [0.15, 0.2) is 36.7 Å². The van der Waals surface area contributed by atoms with E-state index in [1.165, 1.54) is 31.9 Å². The fourth-order valence-electron chi connectivity index (χ4n) is 5.39. The molecular formula is C30H43N9O2. The van der Waals surface area contributed by atoms with Crippen LogP contribution in [0.4, 0.5) is 11.8 Å². The number of nitrogen functional groups attached to an aromatic ring is 1. The highest BCUT2D eigenvalue weighted by Gasteiger charge is 2.19. The number of likely N-dealkylation sites (tertiary alicyclic amines) is 1. The summed E-state index contributed by atoms with van der Waals surface area (Å²) in [4.78, 5) is 26.9. The monoisotopic (exact) mass is 561 g/mol. The molecule has 0 amide bonds. The average Bonchev–Trinajstić information content (AvgIpc) is 3.37. The first kappa shape index (κ1) is 30.3. The van der Waals surface area contributed by atoms with Crippen LogP contribution in [0.1, 0.15) is 50.7 Å². The maximum Gasteiger partial charge on any atom is 0.222 e. The second-order valence-electron chi connectivity index (χ2n) is 10.5. The van der Waals surface area contributed by atoms with Crippen molar-refractivity contribution in [3.63, 3.8) is 0 Å². The van der Waals surface area contributed by atoms with Gasteiger partial charge in [-0.1, -0.05) is 31.5 Å². The van der Waals surface area contributed by atoms with E-state index in [-0.39, 0.29) is 12.6 Å². The second-order valence-corrected chi connectivity index (χ2v) is 10.5. The number of unbranched alkanes of at least 4 members (excludes halogenated alkanes) is 1. The quantitative estimate of drug-likeness (QED) is 0.234. The average molecular weight is 562 g/mol. The number of fused-ring (bicyclic) bond motifs is 2. The van der Waals surface area contributed by atoms with E-state index in [9.17, 15) is 5.11 Å². The highest BCUT2D eigenvalue weighted by molar-refractivity contribution is 5.87. The fourth-order valence-corrected chi connectivity index (χ4v) is 5.39. The minimum atomic E-state index is 0.0339. The van der Waals surface area contributed by atoms with Crippen LogP contribution in [0.25, 0.3) is 21.9 Å². The van der Waals surface area contributed by atoms with Gasteiger partial charge in [-0.2, -0.15) is 10.1 Å². The molecule has 1 aliphatic rings. The molecule has 0 radical (unpaired) electrons. The number of nitrogens with one attached hydrogen (secondary N) is 1. The maximum absolute atomic E-state index is 9.63. The Morgan fingerprint density at radius 1 is 1.20 bits per heavy atom. The number of benzene rings is 1. The molecule has 220 valence electrons. The molecule has 1 aromatic carbocycles. The van der Waals surface area contributed by atoms with Gasteiger partial charge in [-0.05, 0) is 57.0 Å². The van der Waals surface area contributed by atoms with Crippen molar-refractivity contribution in [2.24, 2.45) is 0 Å².